The molecule has 3 unspecified atom stereocenters. The maximum atomic E-state index is 11.7. The van der Waals surface area contributed by atoms with E-state index < -0.39 is 0 Å². The predicted octanol–water partition coefficient (Wildman–Crippen LogP) is 2.17. The van der Waals surface area contributed by atoms with Crippen LogP contribution in [0.5, 0.6) is 0 Å². The maximum absolute atomic E-state index is 11.7. The van der Waals surface area contributed by atoms with Gasteiger partial charge in [-0.2, -0.15) is 0 Å². The fourth-order valence-electron chi connectivity index (χ4n) is 2.79. The molecule has 0 bridgehead atoms. The minimum absolute atomic E-state index is 0.237. The highest BCUT2D eigenvalue weighted by atomic mass is 35.5. The van der Waals surface area contributed by atoms with E-state index in [2.05, 4.69) is 5.32 Å². The number of fused-ring (bicyclic) bond motifs is 1. The van der Waals surface area contributed by atoms with Gasteiger partial charge in [-0.1, -0.05) is 6.42 Å². The Kier molecular flexibility index (Phi) is 3.01. The van der Waals surface area contributed by atoms with E-state index in [9.17, 15) is 4.79 Å². The minimum Gasteiger partial charge on any atom is -0.353 e. The molecule has 3 atom stereocenters. The van der Waals surface area contributed by atoms with Crippen LogP contribution < -0.4 is 5.32 Å². The molecule has 1 N–H and O–H groups in total. The van der Waals surface area contributed by atoms with E-state index >= 15 is 0 Å². The molecule has 0 spiro atoms. The second kappa shape index (κ2) is 4.09. The molecule has 2 aliphatic carbocycles. The number of hydrogen-bond donors (Lipinski definition) is 1. The first-order chi connectivity index (χ1) is 6.74. The smallest absolute Gasteiger partial charge is 0.223 e. The third kappa shape index (κ3) is 1.90. The summed E-state index contributed by atoms with van der Waals surface area (Å²) in [6.07, 6.45) is 4.74. The molecule has 2 nitrogen and oxygen atoms in total. The van der Waals surface area contributed by atoms with Crippen molar-refractivity contribution in [2.45, 2.75) is 38.6 Å². The van der Waals surface area contributed by atoms with Crippen LogP contribution in [0.25, 0.3) is 0 Å². The number of hydrogen-bond acceptors (Lipinski definition) is 1. The van der Waals surface area contributed by atoms with Crippen molar-refractivity contribution in [3.8, 4) is 0 Å². The first kappa shape index (κ1) is 10.3. The van der Waals surface area contributed by atoms with Crippen molar-refractivity contribution in [1.82, 2.24) is 5.32 Å². The van der Waals surface area contributed by atoms with Gasteiger partial charge in [0, 0.05) is 17.8 Å². The van der Waals surface area contributed by atoms with Crippen molar-refractivity contribution < 1.29 is 4.79 Å². The number of amides is 1. The Balaban J connectivity index is 1.74. The van der Waals surface area contributed by atoms with Crippen LogP contribution in [0.1, 0.15) is 32.6 Å². The van der Waals surface area contributed by atoms with Crippen molar-refractivity contribution in [2.75, 3.05) is 5.88 Å². The average Bonchev–Trinajstić information content (AvgIpc) is 2.61. The lowest BCUT2D eigenvalue weighted by Gasteiger charge is -2.12. The van der Waals surface area contributed by atoms with Crippen LogP contribution in [0.3, 0.4) is 0 Å². The van der Waals surface area contributed by atoms with Crippen LogP contribution in [0.15, 0.2) is 0 Å². The van der Waals surface area contributed by atoms with Gasteiger partial charge >= 0.3 is 0 Å². The first-order valence-electron chi connectivity index (χ1n) is 5.60. The quantitative estimate of drug-likeness (QED) is 0.716. The van der Waals surface area contributed by atoms with Crippen LogP contribution in [-0.4, -0.2) is 17.8 Å². The Labute approximate surface area is 90.4 Å². The topological polar surface area (TPSA) is 29.1 Å². The summed E-state index contributed by atoms with van der Waals surface area (Å²) in [6, 6.07) is 0.237. The molecule has 3 heteroatoms. The zero-order valence-corrected chi connectivity index (χ0v) is 9.39. The van der Waals surface area contributed by atoms with Crippen LogP contribution in [0.4, 0.5) is 0 Å². The summed E-state index contributed by atoms with van der Waals surface area (Å²) in [5.74, 6) is 2.69. The molecular weight excluding hydrogens is 198 g/mol. The molecule has 0 aromatic carbocycles. The number of nitrogens with one attached hydrogen (secondary N) is 1. The molecule has 0 radical (unpaired) electrons. The Morgan fingerprint density at radius 1 is 1.50 bits per heavy atom. The Morgan fingerprint density at radius 3 is 2.71 bits per heavy atom. The summed E-state index contributed by atoms with van der Waals surface area (Å²) >= 11 is 5.62. The fourth-order valence-corrected chi connectivity index (χ4v) is 3.11. The largest absolute Gasteiger partial charge is 0.353 e. The molecule has 1 amide bonds. The Hall–Kier alpha value is -0.240. The molecule has 80 valence electrons. The zero-order valence-electron chi connectivity index (χ0n) is 8.63. The van der Waals surface area contributed by atoms with Crippen molar-refractivity contribution in [3.05, 3.63) is 0 Å². The van der Waals surface area contributed by atoms with Gasteiger partial charge in [-0.05, 0) is 38.0 Å². The number of rotatable bonds is 4. The predicted molar refractivity (Wildman–Crippen MR) is 57.3 cm³/mol. The molecule has 0 aromatic heterocycles. The van der Waals surface area contributed by atoms with Crippen molar-refractivity contribution in [2.24, 2.45) is 17.8 Å². The van der Waals surface area contributed by atoms with Gasteiger partial charge in [-0.15, -0.1) is 11.6 Å². The van der Waals surface area contributed by atoms with Crippen molar-refractivity contribution in [1.29, 1.82) is 0 Å². The SMILES string of the molecule is CC(CCCl)NC(=O)C1C2CCCC21. The van der Waals surface area contributed by atoms with Crippen molar-refractivity contribution in [3.63, 3.8) is 0 Å². The monoisotopic (exact) mass is 215 g/mol. The van der Waals surface area contributed by atoms with Gasteiger partial charge in [0.1, 0.15) is 0 Å². The van der Waals surface area contributed by atoms with Crippen LogP contribution in [0.2, 0.25) is 0 Å². The lowest BCUT2D eigenvalue weighted by molar-refractivity contribution is -0.123. The van der Waals surface area contributed by atoms with Crippen LogP contribution in [-0.2, 0) is 4.79 Å². The summed E-state index contributed by atoms with van der Waals surface area (Å²) in [5.41, 5.74) is 0. The summed E-state index contributed by atoms with van der Waals surface area (Å²) < 4.78 is 0. The summed E-state index contributed by atoms with van der Waals surface area (Å²) in [7, 11) is 0. The van der Waals surface area contributed by atoms with Gasteiger partial charge in [-0.25, -0.2) is 0 Å². The molecule has 2 aliphatic rings. The number of carbonyl (C=O) groups excluding carboxylic acids is 1. The van der Waals surface area contributed by atoms with E-state index in [1.165, 1.54) is 19.3 Å². The normalized spacial score (nSPS) is 36.3. The van der Waals surface area contributed by atoms with Crippen LogP contribution >= 0.6 is 11.6 Å². The molecule has 2 rings (SSSR count). The third-order valence-corrected chi connectivity index (χ3v) is 3.86. The van der Waals surface area contributed by atoms with Gasteiger partial charge < -0.3 is 5.32 Å². The third-order valence-electron chi connectivity index (χ3n) is 3.64. The average molecular weight is 216 g/mol. The van der Waals surface area contributed by atoms with Gasteiger partial charge in [-0.3, -0.25) is 4.79 Å². The molecular formula is C11H18ClNO. The Morgan fingerprint density at radius 2 is 2.14 bits per heavy atom. The summed E-state index contributed by atoms with van der Waals surface area (Å²) in [6.45, 7) is 2.03. The lowest BCUT2D eigenvalue weighted by atomic mass is 10.1. The second-order valence-electron chi connectivity index (χ2n) is 4.67. The molecule has 0 saturated heterocycles. The highest BCUT2D eigenvalue weighted by Crippen LogP contribution is 2.57. The van der Waals surface area contributed by atoms with Gasteiger partial charge in [0.25, 0.3) is 0 Å². The van der Waals surface area contributed by atoms with Crippen molar-refractivity contribution >= 4 is 17.5 Å². The van der Waals surface area contributed by atoms with Gasteiger partial charge in [0.05, 0.1) is 0 Å². The minimum atomic E-state index is 0.237. The van der Waals surface area contributed by atoms with Gasteiger partial charge in [0.2, 0.25) is 5.91 Å². The highest BCUT2D eigenvalue weighted by Gasteiger charge is 2.56. The van der Waals surface area contributed by atoms with E-state index in [1.807, 2.05) is 6.92 Å². The van der Waals surface area contributed by atoms with Gasteiger partial charge in [0.15, 0.2) is 0 Å². The number of carbonyl (C=O) groups is 1. The molecule has 0 aromatic rings. The fraction of sp³-hybridized carbons (Fsp3) is 0.909. The zero-order chi connectivity index (χ0) is 10.1. The van der Waals surface area contributed by atoms with E-state index in [0.717, 1.165) is 18.3 Å². The summed E-state index contributed by atoms with van der Waals surface area (Å²) in [4.78, 5) is 11.7. The summed E-state index contributed by atoms with van der Waals surface area (Å²) in [5, 5.41) is 3.05. The van der Waals surface area contributed by atoms with E-state index in [-0.39, 0.29) is 11.9 Å². The van der Waals surface area contributed by atoms with E-state index in [1.54, 1.807) is 0 Å². The lowest BCUT2D eigenvalue weighted by Crippen LogP contribution is -2.34. The highest BCUT2D eigenvalue weighted by molar-refractivity contribution is 6.17. The maximum Gasteiger partial charge on any atom is 0.223 e. The first-order valence-corrected chi connectivity index (χ1v) is 6.14. The molecule has 0 aliphatic heterocycles. The van der Waals surface area contributed by atoms with E-state index in [4.69, 9.17) is 11.6 Å². The molecule has 14 heavy (non-hydrogen) atoms. The standard InChI is InChI=1S/C11H18ClNO/c1-7(5-6-12)13-11(14)10-8-3-2-4-9(8)10/h7-10H,2-6H2,1H3,(H,13,14). The molecule has 2 fully saturated rings. The second-order valence-corrected chi connectivity index (χ2v) is 5.05. The van der Waals surface area contributed by atoms with Crippen LogP contribution in [0, 0.1) is 17.8 Å². The molecule has 0 heterocycles. The van der Waals surface area contributed by atoms with E-state index in [0.29, 0.717) is 11.8 Å². The Bertz CT molecular complexity index is 221. The number of halogens is 1. The molecule has 2 saturated carbocycles. The number of alkyl halides is 1.